The zero-order valence-corrected chi connectivity index (χ0v) is 11.5. The van der Waals surface area contributed by atoms with Gasteiger partial charge in [-0.2, -0.15) is 13.2 Å². The Morgan fingerprint density at radius 1 is 1.10 bits per heavy atom. The Hall–Kier alpha value is -1.52. The molecule has 1 nitrogen and oxygen atoms in total. The molecular weight excluding hydrogens is 287 g/mol. The minimum atomic E-state index is -4.43. The molecule has 2 aromatic rings. The molecule has 0 heterocycles. The molecule has 0 bridgehead atoms. The van der Waals surface area contributed by atoms with Crippen LogP contribution in [-0.2, 0) is 6.18 Å². The maximum atomic E-state index is 13.0. The molecule has 1 unspecified atom stereocenters. The highest BCUT2D eigenvalue weighted by atomic mass is 35.5. The second kappa shape index (κ2) is 5.46. The fourth-order valence-electron chi connectivity index (χ4n) is 2.01. The van der Waals surface area contributed by atoms with Gasteiger partial charge in [-0.25, -0.2) is 0 Å². The van der Waals surface area contributed by atoms with E-state index in [1.54, 1.807) is 24.3 Å². The van der Waals surface area contributed by atoms with Crippen molar-refractivity contribution in [3.63, 3.8) is 0 Å². The molecule has 0 fully saturated rings. The van der Waals surface area contributed by atoms with Crippen LogP contribution >= 0.6 is 11.6 Å². The summed E-state index contributed by atoms with van der Waals surface area (Å²) in [6.45, 7) is 1.82. The second-order valence-corrected chi connectivity index (χ2v) is 4.98. The van der Waals surface area contributed by atoms with Crippen LogP contribution in [0, 0.1) is 6.92 Å². The van der Waals surface area contributed by atoms with E-state index in [-0.39, 0.29) is 5.56 Å². The highest BCUT2D eigenvalue weighted by Crippen LogP contribution is 2.36. The molecular formula is C15H13ClF3N. The number of aryl methyl sites for hydroxylation is 1. The van der Waals surface area contributed by atoms with Gasteiger partial charge in [0.05, 0.1) is 11.6 Å². The fraction of sp³-hybridized carbons (Fsp3) is 0.200. The lowest BCUT2D eigenvalue weighted by molar-refractivity contribution is -0.138. The summed E-state index contributed by atoms with van der Waals surface area (Å²) in [6, 6.07) is 9.49. The number of halogens is 4. The fourth-order valence-corrected chi connectivity index (χ4v) is 2.20. The molecule has 5 heteroatoms. The van der Waals surface area contributed by atoms with Gasteiger partial charge in [-0.1, -0.05) is 41.9 Å². The van der Waals surface area contributed by atoms with Crippen LogP contribution in [0.2, 0.25) is 5.02 Å². The van der Waals surface area contributed by atoms with E-state index in [4.69, 9.17) is 17.3 Å². The molecule has 0 saturated heterocycles. The minimum Gasteiger partial charge on any atom is -0.320 e. The van der Waals surface area contributed by atoms with Gasteiger partial charge in [0, 0.05) is 5.02 Å². The third-order valence-corrected chi connectivity index (χ3v) is 3.56. The topological polar surface area (TPSA) is 26.0 Å². The normalized spacial score (nSPS) is 13.3. The third-order valence-electron chi connectivity index (χ3n) is 3.16. The molecule has 2 N–H and O–H groups in total. The van der Waals surface area contributed by atoms with Crippen molar-refractivity contribution in [3.05, 3.63) is 69.7 Å². The Kier molecular flexibility index (Phi) is 4.06. The average molecular weight is 300 g/mol. The molecule has 2 rings (SSSR count). The Labute approximate surface area is 120 Å². The van der Waals surface area contributed by atoms with E-state index < -0.39 is 17.8 Å². The number of benzene rings is 2. The average Bonchev–Trinajstić information content (AvgIpc) is 2.40. The van der Waals surface area contributed by atoms with Gasteiger partial charge in [0.2, 0.25) is 0 Å². The first-order chi connectivity index (χ1) is 9.30. The quantitative estimate of drug-likeness (QED) is 0.853. The van der Waals surface area contributed by atoms with Gasteiger partial charge in [-0.05, 0) is 35.7 Å². The summed E-state index contributed by atoms with van der Waals surface area (Å²) < 4.78 is 39.0. The zero-order valence-electron chi connectivity index (χ0n) is 10.7. The summed E-state index contributed by atoms with van der Waals surface area (Å²) in [6.07, 6.45) is -4.43. The van der Waals surface area contributed by atoms with Gasteiger partial charge in [0.1, 0.15) is 0 Å². The van der Waals surface area contributed by atoms with Gasteiger partial charge in [0.25, 0.3) is 0 Å². The maximum Gasteiger partial charge on any atom is 0.416 e. The summed E-state index contributed by atoms with van der Waals surface area (Å²) in [5, 5.41) is 0.488. The lowest BCUT2D eigenvalue weighted by Gasteiger charge is -2.19. The Morgan fingerprint density at radius 2 is 1.75 bits per heavy atom. The number of rotatable bonds is 2. The van der Waals surface area contributed by atoms with E-state index >= 15 is 0 Å². The van der Waals surface area contributed by atoms with E-state index in [9.17, 15) is 13.2 Å². The molecule has 0 aromatic heterocycles. The largest absolute Gasteiger partial charge is 0.416 e. The predicted molar refractivity (Wildman–Crippen MR) is 73.7 cm³/mol. The van der Waals surface area contributed by atoms with Crippen molar-refractivity contribution in [1.29, 1.82) is 0 Å². The van der Waals surface area contributed by atoms with Crippen LogP contribution < -0.4 is 5.73 Å². The zero-order chi connectivity index (χ0) is 14.9. The van der Waals surface area contributed by atoms with Crippen molar-refractivity contribution < 1.29 is 13.2 Å². The third kappa shape index (κ3) is 2.97. The van der Waals surface area contributed by atoms with Crippen LogP contribution in [0.4, 0.5) is 13.2 Å². The van der Waals surface area contributed by atoms with Crippen molar-refractivity contribution >= 4 is 11.6 Å². The van der Waals surface area contributed by atoms with Crippen LogP contribution in [0.25, 0.3) is 0 Å². The number of nitrogens with two attached hydrogens (primary N) is 1. The molecule has 106 valence electrons. The molecule has 0 aliphatic heterocycles. The van der Waals surface area contributed by atoms with Crippen molar-refractivity contribution in [2.24, 2.45) is 5.73 Å². The van der Waals surface area contributed by atoms with Crippen molar-refractivity contribution in [1.82, 2.24) is 0 Å². The van der Waals surface area contributed by atoms with Crippen LogP contribution in [0.5, 0.6) is 0 Å². The summed E-state index contributed by atoms with van der Waals surface area (Å²) in [7, 11) is 0. The maximum absolute atomic E-state index is 13.0. The Morgan fingerprint density at radius 3 is 2.35 bits per heavy atom. The van der Waals surface area contributed by atoms with E-state index in [1.807, 2.05) is 6.92 Å². The molecule has 0 radical (unpaired) electrons. The highest BCUT2D eigenvalue weighted by molar-refractivity contribution is 6.31. The van der Waals surface area contributed by atoms with Gasteiger partial charge < -0.3 is 5.73 Å². The Balaban J connectivity index is 2.48. The van der Waals surface area contributed by atoms with Gasteiger partial charge in [0.15, 0.2) is 0 Å². The molecule has 0 aliphatic rings. The standard InChI is InChI=1S/C15H13ClF3N/c1-9-6-7-10(8-13(9)16)14(20)11-4-2-3-5-12(11)15(17,18)19/h2-8,14H,20H2,1H3. The summed E-state index contributed by atoms with van der Waals surface area (Å²) >= 11 is 6.00. The number of alkyl halides is 3. The monoisotopic (exact) mass is 299 g/mol. The summed E-state index contributed by atoms with van der Waals surface area (Å²) in [4.78, 5) is 0. The summed E-state index contributed by atoms with van der Waals surface area (Å²) in [5.74, 6) is 0. The second-order valence-electron chi connectivity index (χ2n) is 4.57. The number of hydrogen-bond acceptors (Lipinski definition) is 1. The van der Waals surface area contributed by atoms with E-state index in [2.05, 4.69) is 0 Å². The Bertz CT molecular complexity index is 623. The molecule has 0 spiro atoms. The van der Waals surface area contributed by atoms with E-state index in [0.29, 0.717) is 10.6 Å². The molecule has 0 amide bonds. The van der Waals surface area contributed by atoms with Crippen LogP contribution in [0.1, 0.15) is 28.3 Å². The SMILES string of the molecule is Cc1ccc(C(N)c2ccccc2C(F)(F)F)cc1Cl. The van der Waals surface area contributed by atoms with Crippen molar-refractivity contribution in [2.75, 3.05) is 0 Å². The van der Waals surface area contributed by atoms with Crippen molar-refractivity contribution in [3.8, 4) is 0 Å². The minimum absolute atomic E-state index is 0.0416. The first kappa shape index (κ1) is 14.9. The van der Waals surface area contributed by atoms with E-state index in [0.717, 1.165) is 11.6 Å². The van der Waals surface area contributed by atoms with Crippen LogP contribution in [0.3, 0.4) is 0 Å². The summed E-state index contributed by atoms with van der Waals surface area (Å²) in [5.41, 5.74) is 6.70. The highest BCUT2D eigenvalue weighted by Gasteiger charge is 2.34. The molecule has 2 aromatic carbocycles. The van der Waals surface area contributed by atoms with Crippen LogP contribution in [0.15, 0.2) is 42.5 Å². The van der Waals surface area contributed by atoms with Gasteiger partial charge in [-0.15, -0.1) is 0 Å². The molecule has 0 aliphatic carbocycles. The molecule has 20 heavy (non-hydrogen) atoms. The van der Waals surface area contributed by atoms with Crippen molar-refractivity contribution in [2.45, 2.75) is 19.1 Å². The smallest absolute Gasteiger partial charge is 0.320 e. The predicted octanol–water partition coefficient (Wildman–Crippen LogP) is 4.72. The number of hydrogen-bond donors (Lipinski definition) is 1. The van der Waals surface area contributed by atoms with Gasteiger partial charge in [-0.3, -0.25) is 0 Å². The first-order valence-corrected chi connectivity index (χ1v) is 6.36. The van der Waals surface area contributed by atoms with E-state index in [1.165, 1.54) is 12.1 Å². The molecule has 0 saturated carbocycles. The van der Waals surface area contributed by atoms with Gasteiger partial charge >= 0.3 is 6.18 Å². The molecule has 1 atom stereocenters. The lowest BCUT2D eigenvalue weighted by atomic mass is 9.94. The van der Waals surface area contributed by atoms with Crippen LogP contribution in [-0.4, -0.2) is 0 Å². The lowest BCUT2D eigenvalue weighted by Crippen LogP contribution is -2.18. The first-order valence-electron chi connectivity index (χ1n) is 5.98.